The van der Waals surface area contributed by atoms with Crippen molar-refractivity contribution in [2.24, 2.45) is 0 Å². The first-order chi connectivity index (χ1) is 11.7. The quantitative estimate of drug-likeness (QED) is 0.325. The minimum atomic E-state index is 0.829. The number of rotatable bonds is 9. The molecule has 0 saturated carbocycles. The van der Waals surface area contributed by atoms with Crippen LogP contribution in [0.3, 0.4) is 0 Å². The zero-order valence-corrected chi connectivity index (χ0v) is 15.7. The Hall–Kier alpha value is -1.74. The van der Waals surface area contributed by atoms with E-state index in [1.54, 1.807) is 6.20 Å². The molecule has 2 aromatic rings. The van der Waals surface area contributed by atoms with Crippen LogP contribution in [0.25, 0.3) is 0 Å². The van der Waals surface area contributed by atoms with Crippen LogP contribution in [0.15, 0.2) is 59.6 Å². The summed E-state index contributed by atoms with van der Waals surface area (Å²) in [4.78, 5) is 7.65. The van der Waals surface area contributed by atoms with Crippen molar-refractivity contribution in [2.75, 3.05) is 11.4 Å². The highest BCUT2D eigenvalue weighted by Gasteiger charge is 2.08. The summed E-state index contributed by atoms with van der Waals surface area (Å²) in [5, 5.41) is 0. The average Bonchev–Trinajstić information content (AvgIpc) is 2.60. The van der Waals surface area contributed by atoms with Crippen LogP contribution >= 0.6 is 12.6 Å². The van der Waals surface area contributed by atoms with Crippen LogP contribution in [0.1, 0.15) is 44.6 Å². The Bertz CT molecular complexity index is 572. The fourth-order valence-corrected chi connectivity index (χ4v) is 2.71. The maximum absolute atomic E-state index is 4.53. The van der Waals surface area contributed by atoms with Gasteiger partial charge < -0.3 is 4.90 Å². The van der Waals surface area contributed by atoms with Crippen LogP contribution in [0.5, 0.6) is 0 Å². The zero-order valence-electron chi connectivity index (χ0n) is 14.8. The van der Waals surface area contributed by atoms with Crippen LogP contribution in [-0.4, -0.2) is 11.5 Å². The molecule has 0 aliphatic rings. The molecule has 0 radical (unpaired) electrons. The van der Waals surface area contributed by atoms with Crippen LogP contribution < -0.4 is 4.90 Å². The summed E-state index contributed by atoms with van der Waals surface area (Å²) in [6, 6.07) is 12.6. The second-order valence-corrected chi connectivity index (χ2v) is 6.66. The van der Waals surface area contributed by atoms with Crippen molar-refractivity contribution < 1.29 is 0 Å². The summed E-state index contributed by atoms with van der Waals surface area (Å²) < 4.78 is 0. The van der Waals surface area contributed by atoms with E-state index in [2.05, 4.69) is 72.8 Å². The number of anilines is 2. The van der Waals surface area contributed by atoms with Crippen LogP contribution in [0, 0.1) is 6.92 Å². The van der Waals surface area contributed by atoms with Gasteiger partial charge in [0, 0.05) is 23.3 Å². The Balaban J connectivity index is 2.04. The van der Waals surface area contributed by atoms with E-state index in [0.29, 0.717) is 0 Å². The van der Waals surface area contributed by atoms with Crippen LogP contribution in [0.4, 0.5) is 11.5 Å². The van der Waals surface area contributed by atoms with E-state index in [1.807, 2.05) is 12.1 Å². The van der Waals surface area contributed by atoms with Gasteiger partial charge in [0.1, 0.15) is 5.82 Å². The summed E-state index contributed by atoms with van der Waals surface area (Å²) >= 11 is 4.33. The fraction of sp³-hybridized carbons (Fsp3) is 0.381. The lowest BCUT2D eigenvalue weighted by atomic mass is 10.1. The number of pyridine rings is 1. The monoisotopic (exact) mass is 340 g/mol. The van der Waals surface area contributed by atoms with E-state index in [4.69, 9.17) is 0 Å². The largest absolute Gasteiger partial charge is 0.323 e. The molecule has 2 rings (SSSR count). The molecule has 0 unspecified atom stereocenters. The number of aromatic nitrogens is 1. The third kappa shape index (κ3) is 6.04. The van der Waals surface area contributed by atoms with Gasteiger partial charge in [-0.1, -0.05) is 56.0 Å². The van der Waals surface area contributed by atoms with E-state index in [-0.39, 0.29) is 0 Å². The molecule has 0 spiro atoms. The highest BCUT2D eigenvalue weighted by Crippen LogP contribution is 2.24. The minimum Gasteiger partial charge on any atom is -0.323 e. The molecule has 1 aromatic carbocycles. The van der Waals surface area contributed by atoms with Gasteiger partial charge in [-0.05, 0) is 44.0 Å². The Morgan fingerprint density at radius 1 is 1.00 bits per heavy atom. The first-order valence-corrected chi connectivity index (χ1v) is 9.29. The molecular weight excluding hydrogens is 312 g/mol. The molecule has 24 heavy (non-hydrogen) atoms. The predicted octanol–water partition coefficient (Wildman–Crippen LogP) is 6.34. The number of nitrogens with zero attached hydrogens (tertiary/aromatic N) is 2. The summed E-state index contributed by atoms with van der Waals surface area (Å²) in [6.45, 7) is 5.19. The van der Waals surface area contributed by atoms with Gasteiger partial charge in [0.2, 0.25) is 0 Å². The summed E-state index contributed by atoms with van der Waals surface area (Å²) in [7, 11) is 0. The van der Waals surface area contributed by atoms with Crippen molar-refractivity contribution in [3.05, 3.63) is 60.3 Å². The lowest BCUT2D eigenvalue weighted by Crippen LogP contribution is -2.18. The molecule has 128 valence electrons. The van der Waals surface area contributed by atoms with Crippen LogP contribution in [0.2, 0.25) is 0 Å². The topological polar surface area (TPSA) is 16.1 Å². The van der Waals surface area contributed by atoms with Gasteiger partial charge in [-0.15, -0.1) is 12.6 Å². The first kappa shape index (κ1) is 18.6. The molecule has 3 heteroatoms. The van der Waals surface area contributed by atoms with Gasteiger partial charge in [-0.2, -0.15) is 0 Å². The maximum Gasteiger partial charge on any atom is 0.133 e. The molecule has 0 atom stereocenters. The summed E-state index contributed by atoms with van der Waals surface area (Å²) in [5.74, 6) is 0.951. The Labute approximate surface area is 152 Å². The normalized spacial score (nSPS) is 11.1. The fourth-order valence-electron chi connectivity index (χ4n) is 2.58. The molecule has 0 saturated heterocycles. The number of hydrogen-bond donors (Lipinski definition) is 1. The predicted molar refractivity (Wildman–Crippen MR) is 108 cm³/mol. The molecule has 1 heterocycles. The molecule has 2 nitrogen and oxygen atoms in total. The smallest absolute Gasteiger partial charge is 0.133 e. The molecule has 0 fully saturated rings. The Kier molecular flexibility index (Phi) is 7.90. The van der Waals surface area contributed by atoms with Gasteiger partial charge in [0.05, 0.1) is 0 Å². The third-order valence-corrected chi connectivity index (χ3v) is 4.30. The van der Waals surface area contributed by atoms with E-state index in [1.165, 1.54) is 31.2 Å². The molecule has 0 aliphatic heterocycles. The zero-order chi connectivity index (χ0) is 17.2. The Morgan fingerprint density at radius 2 is 1.79 bits per heavy atom. The first-order valence-electron chi connectivity index (χ1n) is 8.85. The van der Waals surface area contributed by atoms with Gasteiger partial charge in [-0.3, -0.25) is 0 Å². The van der Waals surface area contributed by atoms with Gasteiger partial charge in [-0.25, -0.2) is 4.98 Å². The number of benzene rings is 1. The number of aryl methyl sites for hydroxylation is 1. The Morgan fingerprint density at radius 3 is 2.46 bits per heavy atom. The van der Waals surface area contributed by atoms with Crippen molar-refractivity contribution in [3.8, 4) is 0 Å². The highest BCUT2D eigenvalue weighted by molar-refractivity contribution is 7.80. The SMILES string of the molecule is CCCCCCC=CCN(c1ccc(C)cc1)c1ccc(S)cn1. The van der Waals surface area contributed by atoms with Crippen LogP contribution in [-0.2, 0) is 0 Å². The molecular formula is C21H28N2S. The molecule has 0 amide bonds. The second-order valence-electron chi connectivity index (χ2n) is 6.14. The number of hydrogen-bond acceptors (Lipinski definition) is 3. The maximum atomic E-state index is 4.53. The summed E-state index contributed by atoms with van der Waals surface area (Å²) in [6.07, 6.45) is 12.7. The average molecular weight is 341 g/mol. The molecule has 0 aliphatic carbocycles. The highest BCUT2D eigenvalue weighted by atomic mass is 32.1. The van der Waals surface area contributed by atoms with Crippen molar-refractivity contribution in [1.82, 2.24) is 4.98 Å². The van der Waals surface area contributed by atoms with E-state index in [0.717, 1.165) is 29.4 Å². The van der Waals surface area contributed by atoms with Gasteiger partial charge in [0.15, 0.2) is 0 Å². The second kappa shape index (κ2) is 10.2. The number of allylic oxidation sites excluding steroid dienone is 1. The van der Waals surface area contributed by atoms with E-state index in [9.17, 15) is 0 Å². The molecule has 1 aromatic heterocycles. The van der Waals surface area contributed by atoms with E-state index >= 15 is 0 Å². The third-order valence-electron chi connectivity index (χ3n) is 4.03. The molecule has 0 N–H and O–H groups in total. The number of unbranched alkanes of at least 4 members (excludes halogenated alkanes) is 4. The lowest BCUT2D eigenvalue weighted by molar-refractivity contribution is 0.674. The van der Waals surface area contributed by atoms with Crippen molar-refractivity contribution in [3.63, 3.8) is 0 Å². The molecule has 0 bridgehead atoms. The van der Waals surface area contributed by atoms with Crippen molar-refractivity contribution in [1.29, 1.82) is 0 Å². The van der Waals surface area contributed by atoms with E-state index < -0.39 is 0 Å². The lowest BCUT2D eigenvalue weighted by Gasteiger charge is -2.22. The van der Waals surface area contributed by atoms with Crippen molar-refractivity contribution >= 4 is 24.1 Å². The van der Waals surface area contributed by atoms with Gasteiger partial charge in [0.25, 0.3) is 0 Å². The van der Waals surface area contributed by atoms with Gasteiger partial charge >= 0.3 is 0 Å². The standard InChI is InChI=1S/C21H28N2S/c1-3-4-5-6-7-8-9-16-23(19-12-10-18(2)11-13-19)21-15-14-20(24)17-22-21/h8-15,17,24H,3-7,16H2,1-2H3. The summed E-state index contributed by atoms with van der Waals surface area (Å²) in [5.41, 5.74) is 2.43. The number of thiol groups is 1. The minimum absolute atomic E-state index is 0.829. The van der Waals surface area contributed by atoms with Crippen molar-refractivity contribution in [2.45, 2.75) is 50.8 Å².